The van der Waals surface area contributed by atoms with Gasteiger partial charge in [-0.1, -0.05) is 6.92 Å². The summed E-state index contributed by atoms with van der Waals surface area (Å²) in [6.45, 7) is 6.89. The molecule has 0 radical (unpaired) electrons. The molecule has 2 aromatic rings. The van der Waals surface area contributed by atoms with Crippen LogP contribution in [-0.4, -0.2) is 18.6 Å². The first kappa shape index (κ1) is 12.8. The monoisotopic (exact) mass is 244 g/mol. The molecule has 3 nitrogen and oxygen atoms in total. The number of pyridine rings is 1. The lowest BCUT2D eigenvalue weighted by Crippen LogP contribution is -2.11. The van der Waals surface area contributed by atoms with Crippen molar-refractivity contribution in [1.29, 1.82) is 0 Å². The molecular weight excluding hydrogens is 224 g/mol. The Bertz CT molecular complexity index is 578. The third kappa shape index (κ3) is 2.18. The average Bonchev–Trinajstić information content (AvgIpc) is 2.38. The summed E-state index contributed by atoms with van der Waals surface area (Å²) in [7, 11) is 1.69. The van der Waals surface area contributed by atoms with E-state index >= 15 is 0 Å². The van der Waals surface area contributed by atoms with Crippen LogP contribution in [0.4, 0.5) is 0 Å². The quantitative estimate of drug-likeness (QED) is 0.903. The second kappa shape index (κ2) is 4.94. The smallest absolute Gasteiger partial charge is 0.119 e. The molecule has 0 amide bonds. The Morgan fingerprint density at radius 1 is 1.22 bits per heavy atom. The fraction of sp³-hybridized carbons (Fsp3) is 0.400. The number of hydrogen-bond donors (Lipinski definition) is 1. The number of fused-ring (bicyclic) bond motifs is 1. The van der Waals surface area contributed by atoms with Gasteiger partial charge in [0.05, 0.1) is 12.6 Å². The van der Waals surface area contributed by atoms with Crippen molar-refractivity contribution >= 4 is 10.9 Å². The van der Waals surface area contributed by atoms with Crippen molar-refractivity contribution in [3.63, 3.8) is 0 Å². The maximum absolute atomic E-state index is 5.72. The molecule has 0 aliphatic rings. The molecule has 0 fully saturated rings. The number of benzene rings is 1. The first-order valence-electron chi connectivity index (χ1n) is 6.22. The fourth-order valence-electron chi connectivity index (χ4n) is 2.15. The highest BCUT2D eigenvalue weighted by molar-refractivity contribution is 5.86. The largest absolute Gasteiger partial charge is 0.497 e. The van der Waals surface area contributed by atoms with E-state index in [-0.39, 0.29) is 5.92 Å². The number of ether oxygens (including phenoxy) is 1. The lowest BCUT2D eigenvalue weighted by atomic mass is 10.0. The molecule has 0 spiro atoms. The summed E-state index contributed by atoms with van der Waals surface area (Å²) in [4.78, 5) is 4.75. The summed E-state index contributed by atoms with van der Waals surface area (Å²) in [6, 6.07) is 6.19. The number of aryl methyl sites for hydroxylation is 2. The van der Waals surface area contributed by atoms with Crippen LogP contribution in [0.2, 0.25) is 0 Å². The van der Waals surface area contributed by atoms with E-state index in [1.54, 1.807) is 7.11 Å². The van der Waals surface area contributed by atoms with Crippen LogP contribution in [0.15, 0.2) is 18.2 Å². The van der Waals surface area contributed by atoms with Crippen LogP contribution in [-0.2, 0) is 0 Å². The van der Waals surface area contributed by atoms with Crippen LogP contribution >= 0.6 is 0 Å². The molecule has 1 atom stereocenters. The molecule has 0 aliphatic heterocycles. The SMILES string of the molecule is COc1cc(C)c2nc(C(C)CN)cc(C)c2c1. The van der Waals surface area contributed by atoms with Gasteiger partial charge in [-0.2, -0.15) is 0 Å². The van der Waals surface area contributed by atoms with Gasteiger partial charge >= 0.3 is 0 Å². The minimum Gasteiger partial charge on any atom is -0.497 e. The summed E-state index contributed by atoms with van der Waals surface area (Å²) < 4.78 is 5.31. The van der Waals surface area contributed by atoms with E-state index in [1.807, 2.05) is 12.1 Å². The van der Waals surface area contributed by atoms with E-state index in [1.165, 1.54) is 5.56 Å². The zero-order valence-electron chi connectivity index (χ0n) is 11.4. The number of aromatic nitrogens is 1. The Morgan fingerprint density at radius 3 is 2.56 bits per heavy atom. The average molecular weight is 244 g/mol. The minimum absolute atomic E-state index is 0.287. The Kier molecular flexibility index (Phi) is 3.53. The van der Waals surface area contributed by atoms with Crippen LogP contribution in [0.1, 0.15) is 29.7 Å². The minimum atomic E-state index is 0.287. The highest BCUT2D eigenvalue weighted by Crippen LogP contribution is 2.28. The molecule has 96 valence electrons. The van der Waals surface area contributed by atoms with E-state index in [0.717, 1.165) is 27.9 Å². The molecule has 0 bridgehead atoms. The molecular formula is C15H20N2O. The van der Waals surface area contributed by atoms with Gasteiger partial charge in [0.2, 0.25) is 0 Å². The van der Waals surface area contributed by atoms with Crippen molar-refractivity contribution in [2.75, 3.05) is 13.7 Å². The van der Waals surface area contributed by atoms with Crippen LogP contribution < -0.4 is 10.5 Å². The third-order valence-electron chi connectivity index (χ3n) is 3.40. The lowest BCUT2D eigenvalue weighted by Gasteiger charge is -2.13. The summed E-state index contributed by atoms with van der Waals surface area (Å²) in [5.41, 5.74) is 10.2. The van der Waals surface area contributed by atoms with E-state index in [0.29, 0.717) is 6.54 Å². The summed E-state index contributed by atoms with van der Waals surface area (Å²) in [6.07, 6.45) is 0. The first-order valence-corrected chi connectivity index (χ1v) is 6.22. The third-order valence-corrected chi connectivity index (χ3v) is 3.40. The van der Waals surface area contributed by atoms with Crippen molar-refractivity contribution in [3.8, 4) is 5.75 Å². The highest BCUT2D eigenvalue weighted by atomic mass is 16.5. The molecule has 0 saturated carbocycles. The maximum Gasteiger partial charge on any atom is 0.119 e. The lowest BCUT2D eigenvalue weighted by molar-refractivity contribution is 0.415. The molecule has 2 N–H and O–H groups in total. The molecule has 1 aromatic heterocycles. The predicted molar refractivity (Wildman–Crippen MR) is 75.2 cm³/mol. The van der Waals surface area contributed by atoms with Crippen molar-refractivity contribution in [3.05, 3.63) is 35.0 Å². The zero-order valence-corrected chi connectivity index (χ0v) is 11.4. The van der Waals surface area contributed by atoms with Gasteiger partial charge in [-0.3, -0.25) is 4.98 Å². The van der Waals surface area contributed by atoms with E-state index in [2.05, 4.69) is 26.8 Å². The summed E-state index contributed by atoms with van der Waals surface area (Å²) >= 11 is 0. The van der Waals surface area contributed by atoms with Gasteiger partial charge in [0.15, 0.2) is 0 Å². The molecule has 18 heavy (non-hydrogen) atoms. The van der Waals surface area contributed by atoms with Gasteiger partial charge in [0.1, 0.15) is 5.75 Å². The topological polar surface area (TPSA) is 48.1 Å². The Balaban J connectivity index is 2.69. The van der Waals surface area contributed by atoms with Gasteiger partial charge in [-0.25, -0.2) is 0 Å². The van der Waals surface area contributed by atoms with Gasteiger partial charge < -0.3 is 10.5 Å². The van der Waals surface area contributed by atoms with E-state index in [4.69, 9.17) is 15.5 Å². The highest BCUT2D eigenvalue weighted by Gasteiger charge is 2.11. The molecule has 0 saturated heterocycles. The number of hydrogen-bond acceptors (Lipinski definition) is 3. The van der Waals surface area contributed by atoms with Crippen molar-refractivity contribution in [2.24, 2.45) is 5.73 Å². The Morgan fingerprint density at radius 2 is 1.94 bits per heavy atom. The normalized spacial score (nSPS) is 12.7. The van der Waals surface area contributed by atoms with Gasteiger partial charge in [0.25, 0.3) is 0 Å². The number of nitrogens with zero attached hydrogens (tertiary/aromatic N) is 1. The van der Waals surface area contributed by atoms with E-state index < -0.39 is 0 Å². The predicted octanol–water partition coefficient (Wildman–Crippen LogP) is 2.92. The maximum atomic E-state index is 5.72. The Labute approximate surface area is 108 Å². The van der Waals surface area contributed by atoms with Crippen LogP contribution in [0.3, 0.4) is 0 Å². The second-order valence-electron chi connectivity index (χ2n) is 4.84. The van der Waals surface area contributed by atoms with Crippen LogP contribution in [0.5, 0.6) is 5.75 Å². The molecule has 3 heteroatoms. The van der Waals surface area contributed by atoms with Crippen LogP contribution in [0.25, 0.3) is 10.9 Å². The van der Waals surface area contributed by atoms with Crippen molar-refractivity contribution in [1.82, 2.24) is 4.98 Å². The van der Waals surface area contributed by atoms with Gasteiger partial charge in [-0.15, -0.1) is 0 Å². The molecule has 1 unspecified atom stereocenters. The second-order valence-corrected chi connectivity index (χ2v) is 4.84. The summed E-state index contributed by atoms with van der Waals surface area (Å²) in [5, 5.41) is 1.15. The molecule has 1 heterocycles. The first-order chi connectivity index (χ1) is 8.56. The molecule has 1 aromatic carbocycles. The van der Waals surface area contributed by atoms with Gasteiger partial charge in [0, 0.05) is 23.5 Å². The fourth-order valence-corrected chi connectivity index (χ4v) is 2.15. The Hall–Kier alpha value is -1.61. The molecule has 0 aliphatic carbocycles. The zero-order chi connectivity index (χ0) is 13.3. The van der Waals surface area contributed by atoms with Crippen molar-refractivity contribution < 1.29 is 4.74 Å². The van der Waals surface area contributed by atoms with E-state index in [9.17, 15) is 0 Å². The standard InChI is InChI=1S/C15H20N2O/c1-9-6-14(11(3)8-16)17-15-10(2)5-12(18-4)7-13(9)15/h5-7,11H,8,16H2,1-4H3. The number of methoxy groups -OCH3 is 1. The molecule has 2 rings (SSSR count). The van der Waals surface area contributed by atoms with Gasteiger partial charge in [-0.05, 0) is 43.2 Å². The number of rotatable bonds is 3. The van der Waals surface area contributed by atoms with Crippen molar-refractivity contribution in [2.45, 2.75) is 26.7 Å². The number of nitrogens with two attached hydrogens (primary N) is 1. The van der Waals surface area contributed by atoms with Crippen LogP contribution in [0, 0.1) is 13.8 Å². The summed E-state index contributed by atoms with van der Waals surface area (Å²) in [5.74, 6) is 1.17.